The zero-order valence-electron chi connectivity index (χ0n) is 15.2. The number of hydrogen-bond donors (Lipinski definition) is 1. The molecule has 0 bridgehead atoms. The van der Waals surface area contributed by atoms with Gasteiger partial charge < -0.3 is 19.7 Å². The fourth-order valence-corrected chi connectivity index (χ4v) is 4.84. The van der Waals surface area contributed by atoms with Gasteiger partial charge in [-0.25, -0.2) is 9.59 Å². The molecule has 1 aromatic carbocycles. The number of esters is 2. The molecule has 0 radical (unpaired) electrons. The summed E-state index contributed by atoms with van der Waals surface area (Å²) in [5.74, 6) is -1.19. The van der Waals surface area contributed by atoms with E-state index in [-0.39, 0.29) is 33.5 Å². The molecular formula is C18H20N2O6S. The second-order valence-electron chi connectivity index (χ2n) is 6.54. The Balaban J connectivity index is 1.86. The Morgan fingerprint density at radius 3 is 2.30 bits per heavy atom. The minimum atomic E-state index is -0.644. The number of anilines is 1. The molecule has 0 aromatic heterocycles. The van der Waals surface area contributed by atoms with Crippen molar-refractivity contribution in [2.75, 3.05) is 25.3 Å². The number of thioether (sulfide) groups is 1. The van der Waals surface area contributed by atoms with Crippen LogP contribution in [0.3, 0.4) is 0 Å². The summed E-state index contributed by atoms with van der Waals surface area (Å²) in [6.45, 7) is 1.96. The molecule has 3 rings (SSSR count). The zero-order valence-corrected chi connectivity index (χ0v) is 16.1. The first kappa shape index (κ1) is 19.2. The van der Waals surface area contributed by atoms with Crippen LogP contribution in [0.5, 0.6) is 0 Å². The molecule has 144 valence electrons. The lowest BCUT2D eigenvalue weighted by atomic mass is 10.1. The van der Waals surface area contributed by atoms with Crippen molar-refractivity contribution in [1.29, 1.82) is 0 Å². The first-order valence-electron chi connectivity index (χ1n) is 8.38. The van der Waals surface area contributed by atoms with Crippen molar-refractivity contribution >= 4 is 41.2 Å². The normalized spacial score (nSPS) is 23.7. The van der Waals surface area contributed by atoms with Gasteiger partial charge in [-0.15, -0.1) is 11.8 Å². The highest BCUT2D eigenvalue weighted by Gasteiger charge is 2.52. The van der Waals surface area contributed by atoms with E-state index in [9.17, 15) is 19.2 Å². The lowest BCUT2D eigenvalue weighted by Crippen LogP contribution is -2.48. The third-order valence-electron chi connectivity index (χ3n) is 4.79. The SMILES string of the molecule is COC(=O)c1cc(NC(=O)[C@@H]2CS[C@@]3(C)CCC(=O)N23)cc(C(=O)OC)c1. The summed E-state index contributed by atoms with van der Waals surface area (Å²) in [6.07, 6.45) is 1.14. The van der Waals surface area contributed by atoms with E-state index in [0.717, 1.165) is 0 Å². The summed E-state index contributed by atoms with van der Waals surface area (Å²) in [7, 11) is 2.45. The molecule has 9 heteroatoms. The van der Waals surface area contributed by atoms with Gasteiger partial charge >= 0.3 is 11.9 Å². The molecular weight excluding hydrogens is 372 g/mol. The number of amides is 2. The number of methoxy groups -OCH3 is 2. The van der Waals surface area contributed by atoms with Gasteiger partial charge in [0.1, 0.15) is 6.04 Å². The molecule has 2 heterocycles. The summed E-state index contributed by atoms with van der Waals surface area (Å²) in [6, 6.07) is 3.57. The van der Waals surface area contributed by atoms with Crippen molar-refractivity contribution in [3.05, 3.63) is 29.3 Å². The van der Waals surface area contributed by atoms with Gasteiger partial charge in [0.05, 0.1) is 30.2 Å². The molecule has 2 fully saturated rings. The minimum absolute atomic E-state index is 0.0405. The highest BCUT2D eigenvalue weighted by molar-refractivity contribution is 8.01. The summed E-state index contributed by atoms with van der Waals surface area (Å²) >= 11 is 1.59. The van der Waals surface area contributed by atoms with E-state index in [1.165, 1.54) is 32.4 Å². The molecule has 0 spiro atoms. The van der Waals surface area contributed by atoms with E-state index in [1.54, 1.807) is 16.7 Å². The van der Waals surface area contributed by atoms with E-state index < -0.39 is 18.0 Å². The van der Waals surface area contributed by atoms with Gasteiger partial charge in [-0.2, -0.15) is 0 Å². The van der Waals surface area contributed by atoms with Crippen molar-refractivity contribution < 1.29 is 28.7 Å². The molecule has 2 amide bonds. The average Bonchev–Trinajstić information content (AvgIpc) is 3.16. The summed E-state index contributed by atoms with van der Waals surface area (Å²) < 4.78 is 9.38. The highest BCUT2D eigenvalue weighted by atomic mass is 32.2. The highest BCUT2D eigenvalue weighted by Crippen LogP contribution is 2.47. The Hall–Kier alpha value is -2.55. The van der Waals surface area contributed by atoms with Crippen molar-refractivity contribution in [3.8, 4) is 0 Å². The van der Waals surface area contributed by atoms with Crippen LogP contribution in [0, 0.1) is 0 Å². The van der Waals surface area contributed by atoms with Crippen LogP contribution in [0.1, 0.15) is 40.5 Å². The number of carbonyl (C=O) groups excluding carboxylic acids is 4. The van der Waals surface area contributed by atoms with Crippen molar-refractivity contribution in [2.24, 2.45) is 0 Å². The molecule has 0 saturated carbocycles. The number of carbonyl (C=O) groups is 4. The average molecular weight is 392 g/mol. The van der Waals surface area contributed by atoms with E-state index in [0.29, 0.717) is 18.6 Å². The number of ether oxygens (including phenoxy) is 2. The van der Waals surface area contributed by atoms with Gasteiger partial charge in [-0.3, -0.25) is 9.59 Å². The number of nitrogens with zero attached hydrogens (tertiary/aromatic N) is 1. The van der Waals surface area contributed by atoms with Crippen LogP contribution >= 0.6 is 11.8 Å². The fourth-order valence-electron chi connectivity index (χ4n) is 3.41. The first-order valence-corrected chi connectivity index (χ1v) is 9.36. The van der Waals surface area contributed by atoms with Gasteiger partial charge in [0.2, 0.25) is 11.8 Å². The fraction of sp³-hybridized carbons (Fsp3) is 0.444. The monoisotopic (exact) mass is 392 g/mol. The minimum Gasteiger partial charge on any atom is -0.465 e. The standard InChI is InChI=1S/C18H20N2O6S/c1-18-5-4-14(21)20(18)13(9-27-18)15(22)19-12-7-10(16(23)25-2)6-11(8-12)17(24)26-3/h6-8,13H,4-5,9H2,1-3H3,(H,19,22)/t13-,18-/m0/s1. The summed E-state index contributed by atoms with van der Waals surface area (Å²) in [4.78, 5) is 50.0. The predicted molar refractivity (Wildman–Crippen MR) is 98.5 cm³/mol. The number of fused-ring (bicyclic) bond motifs is 1. The van der Waals surface area contributed by atoms with E-state index in [2.05, 4.69) is 14.8 Å². The van der Waals surface area contributed by atoms with E-state index in [1.807, 2.05) is 6.92 Å². The van der Waals surface area contributed by atoms with Gasteiger partial charge in [-0.1, -0.05) is 0 Å². The number of rotatable bonds is 4. The smallest absolute Gasteiger partial charge is 0.337 e. The molecule has 1 N–H and O–H groups in total. The van der Waals surface area contributed by atoms with Gasteiger partial charge in [0, 0.05) is 17.9 Å². The molecule has 2 atom stereocenters. The molecule has 0 aliphatic carbocycles. The molecule has 8 nitrogen and oxygen atoms in total. The van der Waals surface area contributed by atoms with E-state index in [4.69, 9.17) is 0 Å². The quantitative estimate of drug-likeness (QED) is 0.778. The lowest BCUT2D eigenvalue weighted by molar-refractivity contribution is -0.135. The topological polar surface area (TPSA) is 102 Å². The third-order valence-corrected chi connectivity index (χ3v) is 6.30. The number of benzene rings is 1. The van der Waals surface area contributed by atoms with Crippen molar-refractivity contribution in [2.45, 2.75) is 30.7 Å². The molecule has 27 heavy (non-hydrogen) atoms. The molecule has 2 saturated heterocycles. The second kappa shape index (κ2) is 7.22. The molecule has 2 aliphatic heterocycles. The molecule has 1 aromatic rings. The van der Waals surface area contributed by atoms with Crippen LogP contribution in [0.25, 0.3) is 0 Å². The van der Waals surface area contributed by atoms with Crippen LogP contribution in [0.2, 0.25) is 0 Å². The Morgan fingerprint density at radius 1 is 1.15 bits per heavy atom. The predicted octanol–water partition coefficient (Wildman–Crippen LogP) is 1.65. The Bertz CT molecular complexity index is 792. The van der Waals surface area contributed by atoms with Crippen LogP contribution in [0.15, 0.2) is 18.2 Å². The van der Waals surface area contributed by atoms with Gasteiger partial charge in [-0.05, 0) is 31.5 Å². The second-order valence-corrected chi connectivity index (χ2v) is 8.04. The van der Waals surface area contributed by atoms with Crippen LogP contribution in [-0.2, 0) is 19.1 Å². The van der Waals surface area contributed by atoms with Crippen molar-refractivity contribution in [1.82, 2.24) is 4.90 Å². The summed E-state index contributed by atoms with van der Waals surface area (Å²) in [5.41, 5.74) is 0.478. The maximum Gasteiger partial charge on any atom is 0.337 e. The Kier molecular flexibility index (Phi) is 5.14. The molecule has 0 unspecified atom stereocenters. The number of hydrogen-bond acceptors (Lipinski definition) is 7. The van der Waals surface area contributed by atoms with Crippen molar-refractivity contribution in [3.63, 3.8) is 0 Å². The van der Waals surface area contributed by atoms with E-state index >= 15 is 0 Å². The largest absolute Gasteiger partial charge is 0.465 e. The maximum absolute atomic E-state index is 12.8. The lowest BCUT2D eigenvalue weighted by Gasteiger charge is -2.29. The van der Waals surface area contributed by atoms with Gasteiger partial charge in [0.25, 0.3) is 0 Å². The zero-order chi connectivity index (χ0) is 19.8. The van der Waals surface area contributed by atoms with Crippen LogP contribution in [-0.4, -0.2) is 59.5 Å². The first-order chi connectivity index (χ1) is 12.8. The number of nitrogens with one attached hydrogen (secondary N) is 1. The third kappa shape index (κ3) is 3.51. The van der Waals surface area contributed by atoms with Crippen LogP contribution < -0.4 is 5.32 Å². The Labute approximate surface area is 160 Å². The molecule has 2 aliphatic rings. The maximum atomic E-state index is 12.8. The summed E-state index contributed by atoms with van der Waals surface area (Å²) in [5, 5.41) is 2.71. The van der Waals surface area contributed by atoms with Gasteiger partial charge in [0.15, 0.2) is 0 Å². The van der Waals surface area contributed by atoms with Crippen LogP contribution in [0.4, 0.5) is 5.69 Å². The Morgan fingerprint density at radius 2 is 1.74 bits per heavy atom.